The van der Waals surface area contributed by atoms with Crippen molar-refractivity contribution in [3.8, 4) is 28.3 Å². The number of anilines is 2. The summed E-state index contributed by atoms with van der Waals surface area (Å²) >= 11 is 7.09. The molecule has 0 saturated heterocycles. The van der Waals surface area contributed by atoms with Crippen molar-refractivity contribution < 1.29 is 14.3 Å². The van der Waals surface area contributed by atoms with Crippen molar-refractivity contribution >= 4 is 40.0 Å². The molecule has 0 aliphatic heterocycles. The number of aromatic nitrogens is 4. The number of hydrogen-bond acceptors (Lipinski definition) is 9. The van der Waals surface area contributed by atoms with Crippen molar-refractivity contribution in [2.45, 2.75) is 59.8 Å². The van der Waals surface area contributed by atoms with E-state index in [-0.39, 0.29) is 11.7 Å². The van der Waals surface area contributed by atoms with Crippen LogP contribution in [0.5, 0.6) is 5.88 Å². The third-order valence-corrected chi connectivity index (χ3v) is 10.6. The highest BCUT2D eigenvalue weighted by Crippen LogP contribution is 2.41. The Kier molecular flexibility index (Phi) is 16.9. The number of fused-ring (bicyclic) bond motifs is 2. The van der Waals surface area contributed by atoms with Crippen LogP contribution in [0.1, 0.15) is 55.5 Å². The van der Waals surface area contributed by atoms with E-state index in [2.05, 4.69) is 27.0 Å². The predicted molar refractivity (Wildman–Crippen MR) is 236 cm³/mol. The van der Waals surface area contributed by atoms with Crippen LogP contribution in [0.2, 0.25) is 5.02 Å². The molecule has 6 rings (SSSR count). The minimum absolute atomic E-state index is 0.0310. The van der Waals surface area contributed by atoms with Gasteiger partial charge >= 0.3 is 11.7 Å². The van der Waals surface area contributed by atoms with Crippen LogP contribution in [-0.2, 0) is 31.7 Å². The van der Waals surface area contributed by atoms with E-state index in [1.54, 1.807) is 39.3 Å². The summed E-state index contributed by atoms with van der Waals surface area (Å²) < 4.78 is 13.1. The lowest BCUT2D eigenvalue weighted by Gasteiger charge is -2.21. The van der Waals surface area contributed by atoms with Crippen LogP contribution >= 0.6 is 11.6 Å². The van der Waals surface area contributed by atoms with E-state index in [1.165, 1.54) is 22.7 Å². The Morgan fingerprint density at radius 2 is 1.62 bits per heavy atom. The maximum absolute atomic E-state index is 13.2. The monoisotopic (exact) mass is 814 g/mol. The summed E-state index contributed by atoms with van der Waals surface area (Å²) in [4.78, 5) is 48.4. The third-order valence-electron chi connectivity index (χ3n) is 10.1. The van der Waals surface area contributed by atoms with E-state index in [0.29, 0.717) is 46.5 Å². The van der Waals surface area contributed by atoms with E-state index in [9.17, 15) is 14.4 Å². The van der Waals surface area contributed by atoms with Gasteiger partial charge in [-0.15, -0.1) is 0 Å². The molecule has 2 amide bonds. The molecule has 3 N–H and O–H groups in total. The number of nitrogens with zero attached hydrogens (tertiary/aromatic N) is 5. The zero-order valence-electron chi connectivity index (χ0n) is 35.6. The van der Waals surface area contributed by atoms with Gasteiger partial charge in [0.05, 0.1) is 29.9 Å². The number of unbranched alkanes of at least 4 members (excludes halogenated alkanes) is 1. The van der Waals surface area contributed by atoms with E-state index < -0.39 is 5.56 Å². The highest BCUT2D eigenvalue weighted by atomic mass is 35.5. The molecule has 0 bridgehead atoms. The van der Waals surface area contributed by atoms with Crippen LogP contribution in [0.25, 0.3) is 33.3 Å². The molecule has 0 unspecified atom stereocenters. The number of carbonyl (C=O) groups is 1. The van der Waals surface area contributed by atoms with Crippen LogP contribution in [0.3, 0.4) is 0 Å². The highest BCUT2D eigenvalue weighted by Gasteiger charge is 2.22. The number of benzene rings is 2. The van der Waals surface area contributed by atoms with Crippen molar-refractivity contribution in [3.63, 3.8) is 0 Å². The summed E-state index contributed by atoms with van der Waals surface area (Å²) in [6.07, 6.45) is 5.17. The Bertz CT molecular complexity index is 2320. The first-order valence-corrected chi connectivity index (χ1v) is 20.2. The molecule has 0 saturated carbocycles. The van der Waals surface area contributed by atoms with Gasteiger partial charge in [0.1, 0.15) is 11.2 Å². The maximum Gasteiger partial charge on any atom is 0.330 e. The Balaban J connectivity index is 0.000000372. The Morgan fingerprint density at radius 1 is 0.914 bits per heavy atom. The second-order valence-corrected chi connectivity index (χ2v) is 14.2. The van der Waals surface area contributed by atoms with Gasteiger partial charge in [-0.05, 0) is 94.4 Å². The van der Waals surface area contributed by atoms with Gasteiger partial charge < -0.3 is 30.3 Å². The minimum Gasteiger partial charge on any atom is -0.481 e. The van der Waals surface area contributed by atoms with Crippen LogP contribution < -0.4 is 31.9 Å². The second kappa shape index (κ2) is 21.5. The predicted octanol–water partition coefficient (Wildman–Crippen LogP) is 7.17. The molecule has 13 nitrogen and oxygen atoms in total. The quantitative estimate of drug-likeness (QED) is 0.105. The first-order valence-electron chi connectivity index (χ1n) is 19.9. The van der Waals surface area contributed by atoms with Crippen molar-refractivity contribution in [2.75, 3.05) is 59.9 Å². The molecule has 0 radical (unpaired) electrons. The van der Waals surface area contributed by atoms with E-state index in [0.717, 1.165) is 83.4 Å². The maximum atomic E-state index is 13.2. The summed E-state index contributed by atoms with van der Waals surface area (Å²) in [5.74, 6) is 1.06. The summed E-state index contributed by atoms with van der Waals surface area (Å²) in [7, 11) is 10.0. The number of aryl methyl sites for hydroxylation is 3. The summed E-state index contributed by atoms with van der Waals surface area (Å²) in [5, 5.41) is 10.0. The van der Waals surface area contributed by atoms with Gasteiger partial charge in [0.2, 0.25) is 5.88 Å². The van der Waals surface area contributed by atoms with Gasteiger partial charge in [-0.1, -0.05) is 55.8 Å². The summed E-state index contributed by atoms with van der Waals surface area (Å²) in [6, 6.07) is 15.7. The number of methoxy groups -OCH3 is 2. The zero-order valence-corrected chi connectivity index (χ0v) is 36.4. The fourth-order valence-corrected chi connectivity index (χ4v) is 7.39. The van der Waals surface area contributed by atoms with Crippen LogP contribution in [-0.4, -0.2) is 84.6 Å². The van der Waals surface area contributed by atoms with Crippen molar-refractivity contribution in [1.29, 1.82) is 0 Å². The normalized spacial score (nSPS) is 11.6. The lowest BCUT2D eigenvalue weighted by Crippen LogP contribution is -2.40. The number of nitrogens with one attached hydrogen (secondary N) is 3. The molecule has 5 aromatic rings. The molecular weight excluding hydrogens is 756 g/mol. The van der Waals surface area contributed by atoms with E-state index in [4.69, 9.17) is 26.1 Å². The molecule has 1 aliphatic carbocycles. The molecule has 2 aromatic carbocycles. The van der Waals surface area contributed by atoms with E-state index >= 15 is 0 Å². The topological polar surface area (TPSA) is 145 Å². The lowest BCUT2D eigenvalue weighted by molar-refractivity contribution is 0.149. The van der Waals surface area contributed by atoms with Crippen LogP contribution in [0.4, 0.5) is 16.3 Å². The first-order chi connectivity index (χ1) is 27.9. The summed E-state index contributed by atoms with van der Waals surface area (Å²) in [6.45, 7) is 10.8. The number of hydrogen-bond donors (Lipinski definition) is 3. The fraction of sp³-hybridized carbons (Fsp3) is 0.432. The zero-order chi connectivity index (χ0) is 42.5. The van der Waals surface area contributed by atoms with Gasteiger partial charge in [-0.2, -0.15) is 0 Å². The SMILES string of the molecule is CC.CNCCCCN(CCOC)C(=O)NC.COc1nc(-c2cccc(-c3cccc(Nc4nc(C)cc5c4c(=O)n(C)c(=O)n5C)c3C)c2Cl)cc2c1CCC2. The molecule has 0 spiro atoms. The molecule has 3 aromatic heterocycles. The molecule has 1 aliphatic rings. The lowest BCUT2D eigenvalue weighted by atomic mass is 9.96. The van der Waals surface area contributed by atoms with Gasteiger partial charge in [0.15, 0.2) is 0 Å². The first kappa shape index (κ1) is 45.5. The van der Waals surface area contributed by atoms with Crippen LogP contribution in [0, 0.1) is 13.8 Å². The average molecular weight is 815 g/mol. The number of rotatable bonds is 13. The standard InChI is InChI=1S/C32H30ClN5O3.C10H23N3O2.C2H6/c1-17-15-26-27(31(39)38(4)32(40)37(26)3)29(34-17)35-24-14-8-10-20(18(24)2)22-12-7-13-23(28(22)33)25-16-19-9-6-11-21(19)30(36-25)41-5;1-11-6-4-5-7-13(8-9-15-3)10(14)12-2;1-2/h7-8,10,12-16H,6,9,11H2,1-5H3,(H,34,35);11H,4-9H2,1-3H3,(H,12,14);1-2H3. The number of ether oxygens (including phenoxy) is 2. The number of amides is 2. The highest BCUT2D eigenvalue weighted by molar-refractivity contribution is 6.36. The molecule has 58 heavy (non-hydrogen) atoms. The molecule has 0 fully saturated rings. The van der Waals surface area contributed by atoms with Gasteiger partial charge in [-0.3, -0.25) is 13.9 Å². The second-order valence-electron chi connectivity index (χ2n) is 13.8. The van der Waals surface area contributed by atoms with Gasteiger partial charge in [-0.25, -0.2) is 19.6 Å². The van der Waals surface area contributed by atoms with Crippen molar-refractivity contribution in [3.05, 3.63) is 96.8 Å². The van der Waals surface area contributed by atoms with Gasteiger partial charge in [0, 0.05) is 69.4 Å². The Morgan fingerprint density at radius 3 is 2.31 bits per heavy atom. The smallest absolute Gasteiger partial charge is 0.330 e. The number of carbonyl (C=O) groups excluding carboxylic acids is 1. The third kappa shape index (κ3) is 10.2. The van der Waals surface area contributed by atoms with Crippen molar-refractivity contribution in [1.82, 2.24) is 34.6 Å². The Hall–Kier alpha value is -5.24. The molecule has 312 valence electrons. The van der Waals surface area contributed by atoms with E-state index in [1.807, 2.05) is 71.1 Å². The van der Waals surface area contributed by atoms with Crippen LogP contribution in [0.15, 0.2) is 58.1 Å². The molecule has 3 heterocycles. The average Bonchev–Trinajstić information content (AvgIpc) is 3.72. The number of urea groups is 1. The fourth-order valence-electron chi connectivity index (χ4n) is 7.06. The van der Waals surface area contributed by atoms with Crippen molar-refractivity contribution in [2.24, 2.45) is 14.1 Å². The Labute approximate surface area is 346 Å². The molecule has 14 heteroatoms. The molecule has 0 atom stereocenters. The number of halogens is 1. The molecular formula is C44H59ClN8O5. The number of pyridine rings is 2. The minimum atomic E-state index is -0.403. The van der Waals surface area contributed by atoms with Gasteiger partial charge in [0.25, 0.3) is 5.56 Å². The summed E-state index contributed by atoms with van der Waals surface area (Å²) in [5.41, 5.74) is 8.01. The largest absolute Gasteiger partial charge is 0.481 e.